The highest BCUT2D eigenvalue weighted by atomic mass is 16.5. The zero-order chi connectivity index (χ0) is 18.2. The van der Waals surface area contributed by atoms with Gasteiger partial charge in [-0.05, 0) is 17.7 Å². The highest BCUT2D eigenvalue weighted by Crippen LogP contribution is 2.28. The van der Waals surface area contributed by atoms with Gasteiger partial charge in [0, 0.05) is 11.6 Å². The van der Waals surface area contributed by atoms with E-state index in [9.17, 15) is 4.79 Å². The molecule has 0 saturated heterocycles. The van der Waals surface area contributed by atoms with E-state index < -0.39 is 0 Å². The minimum Gasteiger partial charge on any atom is -0.491 e. The zero-order valence-electron chi connectivity index (χ0n) is 14.3. The summed E-state index contributed by atoms with van der Waals surface area (Å²) in [6.45, 7) is 0.453. The first kappa shape index (κ1) is 17.7. The van der Waals surface area contributed by atoms with Gasteiger partial charge in [0.2, 0.25) is 0 Å². The lowest BCUT2D eigenvalue weighted by molar-refractivity contribution is 0.103. The minimum atomic E-state index is -0.109. The van der Waals surface area contributed by atoms with E-state index in [1.807, 2.05) is 48.5 Å². The Morgan fingerprint density at radius 2 is 1.54 bits per heavy atom. The molecule has 3 aromatic rings. The Bertz CT molecular complexity index is 845. The standard InChI is InChI=1S/C22H20O4/c23-13-14-25-19-11-12-20(22(24)18-9-5-2-6-10-18)21(15-19)26-16-17-7-3-1-4-8-17/h1-12,15,23H,13-14,16H2. The number of aliphatic hydroxyl groups is 1. The van der Waals surface area contributed by atoms with Gasteiger partial charge in [-0.25, -0.2) is 0 Å². The first-order valence-corrected chi connectivity index (χ1v) is 8.42. The maximum atomic E-state index is 12.8. The lowest BCUT2D eigenvalue weighted by atomic mass is 10.0. The fraction of sp³-hybridized carbons (Fsp3) is 0.136. The van der Waals surface area contributed by atoms with Crippen LogP contribution in [0, 0.1) is 0 Å². The summed E-state index contributed by atoms with van der Waals surface area (Å²) < 4.78 is 11.4. The monoisotopic (exact) mass is 348 g/mol. The van der Waals surface area contributed by atoms with E-state index in [2.05, 4.69) is 0 Å². The van der Waals surface area contributed by atoms with Gasteiger partial charge in [0.1, 0.15) is 24.7 Å². The van der Waals surface area contributed by atoms with Crippen molar-refractivity contribution in [2.75, 3.05) is 13.2 Å². The van der Waals surface area contributed by atoms with Crippen LogP contribution in [0.25, 0.3) is 0 Å². The Balaban J connectivity index is 1.88. The molecular formula is C22H20O4. The Hall–Kier alpha value is -3.11. The maximum Gasteiger partial charge on any atom is 0.196 e. The van der Waals surface area contributed by atoms with E-state index in [1.54, 1.807) is 30.3 Å². The molecule has 0 aliphatic rings. The summed E-state index contributed by atoms with van der Waals surface area (Å²) >= 11 is 0. The van der Waals surface area contributed by atoms with Crippen LogP contribution >= 0.6 is 0 Å². The van der Waals surface area contributed by atoms with Gasteiger partial charge in [-0.3, -0.25) is 4.79 Å². The fourth-order valence-electron chi connectivity index (χ4n) is 2.54. The average molecular weight is 348 g/mol. The normalized spacial score (nSPS) is 10.3. The number of hydrogen-bond acceptors (Lipinski definition) is 4. The van der Waals surface area contributed by atoms with E-state index in [0.717, 1.165) is 5.56 Å². The first-order valence-electron chi connectivity index (χ1n) is 8.42. The summed E-state index contributed by atoms with van der Waals surface area (Å²) in [6.07, 6.45) is 0. The lowest BCUT2D eigenvalue weighted by Gasteiger charge is -2.13. The van der Waals surface area contributed by atoms with Gasteiger partial charge in [0.15, 0.2) is 5.78 Å². The second-order valence-corrected chi connectivity index (χ2v) is 5.70. The highest BCUT2D eigenvalue weighted by Gasteiger charge is 2.16. The van der Waals surface area contributed by atoms with Gasteiger partial charge >= 0.3 is 0 Å². The van der Waals surface area contributed by atoms with E-state index >= 15 is 0 Å². The second kappa shape index (κ2) is 8.83. The van der Waals surface area contributed by atoms with Crippen LogP contribution in [0.4, 0.5) is 0 Å². The van der Waals surface area contributed by atoms with Crippen LogP contribution in [0.15, 0.2) is 78.9 Å². The number of ketones is 1. The third kappa shape index (κ3) is 4.49. The van der Waals surface area contributed by atoms with Crippen molar-refractivity contribution in [3.05, 3.63) is 95.6 Å². The van der Waals surface area contributed by atoms with Crippen molar-refractivity contribution in [1.82, 2.24) is 0 Å². The van der Waals surface area contributed by atoms with E-state index in [-0.39, 0.29) is 19.0 Å². The molecule has 0 fully saturated rings. The lowest BCUT2D eigenvalue weighted by Crippen LogP contribution is -2.07. The number of aliphatic hydroxyl groups excluding tert-OH is 1. The van der Waals surface area contributed by atoms with Crippen LogP contribution in [0.2, 0.25) is 0 Å². The van der Waals surface area contributed by atoms with Gasteiger partial charge in [-0.1, -0.05) is 60.7 Å². The maximum absolute atomic E-state index is 12.8. The van der Waals surface area contributed by atoms with Crippen LogP contribution in [0.3, 0.4) is 0 Å². The molecule has 0 atom stereocenters. The first-order chi connectivity index (χ1) is 12.8. The molecule has 4 heteroatoms. The Labute approximate surface area is 152 Å². The molecule has 0 bridgehead atoms. The molecule has 3 aromatic carbocycles. The highest BCUT2D eigenvalue weighted by molar-refractivity contribution is 6.10. The van der Waals surface area contributed by atoms with Crippen LogP contribution in [0.1, 0.15) is 21.5 Å². The summed E-state index contributed by atoms with van der Waals surface area (Å²) in [6, 6.07) is 23.9. The van der Waals surface area contributed by atoms with Gasteiger partial charge in [-0.15, -0.1) is 0 Å². The molecule has 0 heterocycles. The minimum absolute atomic E-state index is 0.0785. The van der Waals surface area contributed by atoms with Gasteiger partial charge < -0.3 is 14.6 Å². The second-order valence-electron chi connectivity index (χ2n) is 5.70. The molecule has 0 amide bonds. The number of ether oxygens (including phenoxy) is 2. The number of carbonyl (C=O) groups is 1. The summed E-state index contributed by atoms with van der Waals surface area (Å²) in [5.74, 6) is 0.896. The van der Waals surface area contributed by atoms with Crippen molar-refractivity contribution in [2.24, 2.45) is 0 Å². The molecule has 26 heavy (non-hydrogen) atoms. The molecule has 0 saturated carbocycles. The van der Waals surface area contributed by atoms with Crippen molar-refractivity contribution >= 4 is 5.78 Å². The summed E-state index contributed by atoms with van der Waals surface area (Å²) in [7, 11) is 0. The van der Waals surface area contributed by atoms with Crippen LogP contribution < -0.4 is 9.47 Å². The van der Waals surface area contributed by atoms with Crippen LogP contribution in [-0.4, -0.2) is 24.1 Å². The van der Waals surface area contributed by atoms with E-state index in [1.165, 1.54) is 0 Å². The van der Waals surface area contributed by atoms with E-state index in [0.29, 0.717) is 29.2 Å². The third-order valence-electron chi connectivity index (χ3n) is 3.83. The molecule has 0 radical (unpaired) electrons. The van der Waals surface area contributed by atoms with Crippen molar-refractivity contribution in [3.63, 3.8) is 0 Å². The zero-order valence-corrected chi connectivity index (χ0v) is 14.3. The number of rotatable bonds is 8. The van der Waals surface area contributed by atoms with Gasteiger partial charge in [0.05, 0.1) is 12.2 Å². The van der Waals surface area contributed by atoms with E-state index in [4.69, 9.17) is 14.6 Å². The summed E-state index contributed by atoms with van der Waals surface area (Å²) in [5, 5.41) is 8.93. The molecule has 3 rings (SSSR count). The van der Waals surface area contributed by atoms with Gasteiger partial charge in [-0.2, -0.15) is 0 Å². The number of benzene rings is 3. The van der Waals surface area contributed by atoms with Crippen LogP contribution in [0.5, 0.6) is 11.5 Å². The largest absolute Gasteiger partial charge is 0.491 e. The topological polar surface area (TPSA) is 55.8 Å². The fourth-order valence-corrected chi connectivity index (χ4v) is 2.54. The molecular weight excluding hydrogens is 328 g/mol. The SMILES string of the molecule is O=C(c1ccccc1)c1ccc(OCCO)cc1OCc1ccccc1. The number of hydrogen-bond donors (Lipinski definition) is 1. The molecule has 0 aliphatic heterocycles. The molecule has 4 nitrogen and oxygen atoms in total. The predicted molar refractivity (Wildman–Crippen MR) is 99.7 cm³/mol. The molecule has 1 N–H and O–H groups in total. The Kier molecular flexibility index (Phi) is 6.01. The van der Waals surface area contributed by atoms with Crippen molar-refractivity contribution in [2.45, 2.75) is 6.61 Å². The summed E-state index contributed by atoms with van der Waals surface area (Å²) in [5.41, 5.74) is 2.08. The Morgan fingerprint density at radius 3 is 2.23 bits per heavy atom. The van der Waals surface area contributed by atoms with Crippen molar-refractivity contribution in [1.29, 1.82) is 0 Å². The average Bonchev–Trinajstić information content (AvgIpc) is 2.71. The number of carbonyl (C=O) groups excluding carboxylic acids is 1. The van der Waals surface area contributed by atoms with Gasteiger partial charge in [0.25, 0.3) is 0 Å². The van der Waals surface area contributed by atoms with Crippen molar-refractivity contribution in [3.8, 4) is 11.5 Å². The molecule has 0 unspecified atom stereocenters. The summed E-state index contributed by atoms with van der Waals surface area (Å²) in [4.78, 5) is 12.8. The van der Waals surface area contributed by atoms with Crippen LogP contribution in [-0.2, 0) is 6.61 Å². The predicted octanol–water partition coefficient (Wildman–Crippen LogP) is 3.87. The molecule has 0 spiro atoms. The molecule has 132 valence electrons. The van der Waals surface area contributed by atoms with Crippen molar-refractivity contribution < 1.29 is 19.4 Å². The molecule has 0 aliphatic carbocycles. The Morgan fingerprint density at radius 1 is 0.846 bits per heavy atom. The molecule has 0 aromatic heterocycles. The third-order valence-corrected chi connectivity index (χ3v) is 3.83. The quantitative estimate of drug-likeness (QED) is 0.628. The smallest absolute Gasteiger partial charge is 0.196 e.